The van der Waals surface area contributed by atoms with Crippen LogP contribution in [0.4, 0.5) is 0 Å². The molecule has 0 N–H and O–H groups in total. The molecular formula is C17H19NO5. The van der Waals surface area contributed by atoms with Gasteiger partial charge in [-0.25, -0.2) is 0 Å². The van der Waals surface area contributed by atoms with Crippen molar-refractivity contribution in [3.05, 3.63) is 52.1 Å². The molecule has 0 radical (unpaired) electrons. The summed E-state index contributed by atoms with van der Waals surface area (Å²) >= 11 is 0. The molecule has 0 fully saturated rings. The molecule has 0 bridgehead atoms. The topological polar surface area (TPSA) is 78.7 Å². The average molecular weight is 317 g/mol. The number of hydrogen-bond donors (Lipinski definition) is 0. The van der Waals surface area contributed by atoms with Crippen molar-refractivity contribution < 1.29 is 19.2 Å². The average Bonchev–Trinajstić information content (AvgIpc) is 2.57. The molecule has 6 nitrogen and oxygen atoms in total. The quantitative estimate of drug-likeness (QED) is 0.464. The fraction of sp³-hybridized carbons (Fsp3) is 0.353. The van der Waals surface area contributed by atoms with E-state index in [4.69, 9.17) is 9.47 Å². The van der Waals surface area contributed by atoms with Crippen molar-refractivity contribution in [1.29, 1.82) is 0 Å². The van der Waals surface area contributed by atoms with Gasteiger partial charge in [-0.2, -0.15) is 0 Å². The lowest BCUT2D eigenvalue weighted by Crippen LogP contribution is -2.25. The highest BCUT2D eigenvalue weighted by molar-refractivity contribution is 5.86. The zero-order chi connectivity index (χ0) is 17.0. The SMILES string of the molecule is COc1ccc2cc(C(C)C(=O)OCC(C)[N+](=O)[O-])ccc2c1. The van der Waals surface area contributed by atoms with Crippen LogP contribution in [0.2, 0.25) is 0 Å². The van der Waals surface area contributed by atoms with E-state index in [1.54, 1.807) is 14.0 Å². The molecule has 2 aromatic carbocycles. The Balaban J connectivity index is 2.12. The number of hydrogen-bond acceptors (Lipinski definition) is 5. The van der Waals surface area contributed by atoms with Crippen LogP contribution in [0.15, 0.2) is 36.4 Å². The Bertz CT molecular complexity index is 728. The number of nitrogens with zero attached hydrogens (tertiary/aromatic N) is 1. The van der Waals surface area contributed by atoms with Crippen LogP contribution < -0.4 is 4.74 Å². The second kappa shape index (κ2) is 7.09. The minimum absolute atomic E-state index is 0.221. The van der Waals surface area contributed by atoms with Gasteiger partial charge in [0.1, 0.15) is 5.75 Å². The number of carbonyl (C=O) groups is 1. The molecule has 2 rings (SSSR count). The first kappa shape index (κ1) is 16.7. The molecule has 0 heterocycles. The monoisotopic (exact) mass is 317 g/mol. The first-order valence-electron chi connectivity index (χ1n) is 7.30. The van der Waals surface area contributed by atoms with Gasteiger partial charge in [0.25, 0.3) is 0 Å². The molecule has 23 heavy (non-hydrogen) atoms. The first-order chi connectivity index (χ1) is 10.9. The number of nitro groups is 1. The van der Waals surface area contributed by atoms with Gasteiger partial charge in [0.05, 0.1) is 13.0 Å². The third kappa shape index (κ3) is 3.97. The summed E-state index contributed by atoms with van der Waals surface area (Å²) in [6.45, 7) is 2.91. The highest BCUT2D eigenvalue weighted by Crippen LogP contribution is 2.25. The van der Waals surface area contributed by atoms with Gasteiger partial charge in [0.15, 0.2) is 6.61 Å². The molecule has 2 unspecified atom stereocenters. The predicted octanol–water partition coefficient (Wildman–Crippen LogP) is 3.16. The van der Waals surface area contributed by atoms with E-state index in [0.29, 0.717) is 0 Å². The van der Waals surface area contributed by atoms with Crippen molar-refractivity contribution in [1.82, 2.24) is 0 Å². The van der Waals surface area contributed by atoms with Crippen LogP contribution in [0.5, 0.6) is 5.75 Å². The van der Waals surface area contributed by atoms with E-state index in [-0.39, 0.29) is 6.61 Å². The largest absolute Gasteiger partial charge is 0.497 e. The highest BCUT2D eigenvalue weighted by Gasteiger charge is 2.21. The normalized spacial score (nSPS) is 13.3. The lowest BCUT2D eigenvalue weighted by molar-refractivity contribution is -0.520. The summed E-state index contributed by atoms with van der Waals surface area (Å²) in [5.74, 6) is -0.182. The maximum Gasteiger partial charge on any atom is 0.313 e. The van der Waals surface area contributed by atoms with Crippen LogP contribution in [0.1, 0.15) is 25.3 Å². The Hall–Kier alpha value is -2.63. The standard InChI is InChI=1S/C17H19NO5/c1-11(18(20)21)10-23-17(19)12(2)13-4-5-15-9-16(22-3)7-6-14(15)8-13/h4-9,11-12H,10H2,1-3H3. The van der Waals surface area contributed by atoms with Crippen LogP contribution in [0, 0.1) is 10.1 Å². The minimum Gasteiger partial charge on any atom is -0.497 e. The van der Waals surface area contributed by atoms with Crippen molar-refractivity contribution in [2.24, 2.45) is 0 Å². The van der Waals surface area contributed by atoms with E-state index in [2.05, 4.69) is 0 Å². The number of ether oxygens (including phenoxy) is 2. The molecule has 0 spiro atoms. The van der Waals surface area contributed by atoms with Crippen molar-refractivity contribution in [3.8, 4) is 5.75 Å². The van der Waals surface area contributed by atoms with E-state index in [1.807, 2.05) is 36.4 Å². The molecule has 6 heteroatoms. The van der Waals surface area contributed by atoms with Crippen molar-refractivity contribution in [2.75, 3.05) is 13.7 Å². The molecular weight excluding hydrogens is 298 g/mol. The summed E-state index contributed by atoms with van der Waals surface area (Å²) in [4.78, 5) is 22.1. The second-order valence-electron chi connectivity index (χ2n) is 5.46. The zero-order valence-electron chi connectivity index (χ0n) is 13.3. The van der Waals surface area contributed by atoms with Gasteiger partial charge >= 0.3 is 5.97 Å². The first-order valence-corrected chi connectivity index (χ1v) is 7.30. The third-order valence-corrected chi connectivity index (χ3v) is 3.75. The number of methoxy groups -OCH3 is 1. The number of carbonyl (C=O) groups excluding carboxylic acids is 1. The summed E-state index contributed by atoms with van der Waals surface area (Å²) in [6.07, 6.45) is 0. The molecule has 0 aromatic heterocycles. The van der Waals surface area contributed by atoms with Crippen molar-refractivity contribution >= 4 is 16.7 Å². The van der Waals surface area contributed by atoms with E-state index in [1.165, 1.54) is 6.92 Å². The fourth-order valence-corrected chi connectivity index (χ4v) is 2.16. The lowest BCUT2D eigenvalue weighted by atomic mass is 9.98. The number of fused-ring (bicyclic) bond motifs is 1. The number of rotatable bonds is 6. The summed E-state index contributed by atoms with van der Waals surface area (Å²) in [6, 6.07) is 10.5. The molecule has 0 aliphatic heterocycles. The minimum atomic E-state index is -0.907. The Labute approximate surface area is 134 Å². The Morgan fingerprint density at radius 2 is 1.83 bits per heavy atom. The van der Waals surface area contributed by atoms with Crippen LogP contribution in [-0.4, -0.2) is 30.7 Å². The smallest absolute Gasteiger partial charge is 0.313 e. The van der Waals surface area contributed by atoms with Crippen LogP contribution >= 0.6 is 0 Å². The molecule has 122 valence electrons. The predicted molar refractivity (Wildman–Crippen MR) is 86.3 cm³/mol. The molecule has 0 saturated carbocycles. The van der Waals surface area contributed by atoms with E-state index >= 15 is 0 Å². The summed E-state index contributed by atoms with van der Waals surface area (Å²) < 4.78 is 10.2. The molecule has 2 aromatic rings. The Kier molecular flexibility index (Phi) is 5.16. The summed E-state index contributed by atoms with van der Waals surface area (Å²) in [7, 11) is 1.61. The van der Waals surface area contributed by atoms with Gasteiger partial charge < -0.3 is 9.47 Å². The maximum absolute atomic E-state index is 12.0. The second-order valence-corrected chi connectivity index (χ2v) is 5.46. The third-order valence-electron chi connectivity index (χ3n) is 3.75. The number of esters is 1. The molecule has 2 atom stereocenters. The van der Waals surface area contributed by atoms with Crippen molar-refractivity contribution in [2.45, 2.75) is 25.8 Å². The molecule has 0 aliphatic carbocycles. The van der Waals surface area contributed by atoms with E-state index in [9.17, 15) is 14.9 Å². The van der Waals surface area contributed by atoms with Gasteiger partial charge in [-0.05, 0) is 35.4 Å². The zero-order valence-corrected chi connectivity index (χ0v) is 13.3. The lowest BCUT2D eigenvalue weighted by Gasteiger charge is -2.13. The molecule has 0 aliphatic rings. The van der Waals surface area contributed by atoms with Crippen molar-refractivity contribution in [3.63, 3.8) is 0 Å². The number of benzene rings is 2. The Morgan fingerprint density at radius 3 is 2.48 bits per heavy atom. The maximum atomic E-state index is 12.0. The highest BCUT2D eigenvalue weighted by atomic mass is 16.6. The van der Waals surface area contributed by atoms with Gasteiger partial charge in [-0.3, -0.25) is 14.9 Å². The fourth-order valence-electron chi connectivity index (χ4n) is 2.16. The van der Waals surface area contributed by atoms with E-state index < -0.39 is 22.9 Å². The molecule has 0 saturated heterocycles. The molecule has 0 amide bonds. The van der Waals surface area contributed by atoms with Gasteiger partial charge in [-0.15, -0.1) is 0 Å². The van der Waals surface area contributed by atoms with Crippen LogP contribution in [-0.2, 0) is 9.53 Å². The Morgan fingerprint density at radius 1 is 1.17 bits per heavy atom. The van der Waals surface area contributed by atoms with Gasteiger partial charge in [0, 0.05) is 11.8 Å². The van der Waals surface area contributed by atoms with Gasteiger partial charge in [0.2, 0.25) is 6.04 Å². The summed E-state index contributed by atoms with van der Waals surface area (Å²) in [5.41, 5.74) is 0.807. The van der Waals surface area contributed by atoms with E-state index in [0.717, 1.165) is 22.1 Å². The summed E-state index contributed by atoms with van der Waals surface area (Å²) in [5, 5.41) is 12.6. The van der Waals surface area contributed by atoms with Crippen LogP contribution in [0.3, 0.4) is 0 Å². The van der Waals surface area contributed by atoms with Crippen LogP contribution in [0.25, 0.3) is 10.8 Å². The van der Waals surface area contributed by atoms with Gasteiger partial charge in [-0.1, -0.05) is 24.3 Å².